The fourth-order valence-corrected chi connectivity index (χ4v) is 4.13. The average Bonchev–Trinajstić information content (AvgIpc) is 3.27. The van der Waals surface area contributed by atoms with E-state index in [9.17, 15) is 4.79 Å². The minimum atomic E-state index is -0.398. The molecule has 22 heavy (non-hydrogen) atoms. The number of primary amides is 1. The Morgan fingerprint density at radius 2 is 1.91 bits per heavy atom. The molecular weight excluding hydrogens is 276 g/mol. The van der Waals surface area contributed by atoms with Gasteiger partial charge in [-0.1, -0.05) is 6.07 Å². The fraction of sp³-hybridized carbons (Fsp3) is 0.611. The first kappa shape index (κ1) is 14.1. The van der Waals surface area contributed by atoms with E-state index in [-0.39, 0.29) is 6.10 Å². The lowest BCUT2D eigenvalue weighted by molar-refractivity contribution is 0.0465. The Hall–Kier alpha value is -1.55. The molecule has 2 N–H and O–H groups in total. The fourth-order valence-electron chi connectivity index (χ4n) is 4.13. The smallest absolute Gasteiger partial charge is 0.248 e. The van der Waals surface area contributed by atoms with Gasteiger partial charge in [0.2, 0.25) is 5.91 Å². The van der Waals surface area contributed by atoms with Crippen LogP contribution in [0, 0.1) is 5.92 Å². The first-order valence-corrected chi connectivity index (χ1v) is 8.51. The number of nitrogens with zero attached hydrogens (tertiary/aromatic N) is 1. The monoisotopic (exact) mass is 300 g/mol. The second-order valence-corrected chi connectivity index (χ2v) is 7.13. The van der Waals surface area contributed by atoms with E-state index in [0.29, 0.717) is 17.6 Å². The van der Waals surface area contributed by atoms with E-state index in [1.165, 1.54) is 32.2 Å². The Balaban J connectivity index is 1.40. The van der Waals surface area contributed by atoms with Crippen LogP contribution in [0.15, 0.2) is 24.3 Å². The van der Waals surface area contributed by atoms with Gasteiger partial charge in [0, 0.05) is 24.2 Å². The van der Waals surface area contributed by atoms with Gasteiger partial charge in [-0.25, -0.2) is 0 Å². The molecule has 2 saturated heterocycles. The summed E-state index contributed by atoms with van der Waals surface area (Å²) in [5, 5.41) is 0. The molecule has 1 aromatic rings. The van der Waals surface area contributed by atoms with Gasteiger partial charge in [0.15, 0.2) is 0 Å². The molecule has 0 spiro atoms. The van der Waals surface area contributed by atoms with Crippen LogP contribution >= 0.6 is 0 Å². The highest BCUT2D eigenvalue weighted by Crippen LogP contribution is 2.40. The molecule has 3 aliphatic rings. The Kier molecular flexibility index (Phi) is 3.57. The minimum absolute atomic E-state index is 0.274. The van der Waals surface area contributed by atoms with Crippen molar-refractivity contribution in [1.29, 1.82) is 0 Å². The largest absolute Gasteiger partial charge is 0.490 e. The molecular formula is C18H24N2O2. The first-order chi connectivity index (χ1) is 10.7. The molecule has 3 atom stereocenters. The summed E-state index contributed by atoms with van der Waals surface area (Å²) in [6.07, 6.45) is 7.99. The van der Waals surface area contributed by atoms with E-state index in [2.05, 4.69) is 4.90 Å². The van der Waals surface area contributed by atoms with Crippen molar-refractivity contribution in [2.45, 2.75) is 56.7 Å². The SMILES string of the molecule is NC(=O)c1cccc(OC2C[C@H]3CC[C@@H](C2)N3CC2CC2)c1. The maximum atomic E-state index is 11.3. The molecule has 2 bridgehead atoms. The van der Waals surface area contributed by atoms with Gasteiger partial charge in [-0.2, -0.15) is 0 Å². The summed E-state index contributed by atoms with van der Waals surface area (Å²) in [6, 6.07) is 8.65. The van der Waals surface area contributed by atoms with Crippen LogP contribution in [-0.4, -0.2) is 35.5 Å². The molecule has 2 heterocycles. The highest BCUT2D eigenvalue weighted by molar-refractivity contribution is 5.93. The van der Waals surface area contributed by atoms with Crippen LogP contribution in [-0.2, 0) is 0 Å². The van der Waals surface area contributed by atoms with Gasteiger partial charge < -0.3 is 10.5 Å². The predicted molar refractivity (Wildman–Crippen MR) is 84.8 cm³/mol. The molecule has 0 radical (unpaired) electrons. The molecule has 1 saturated carbocycles. The third kappa shape index (κ3) is 2.84. The van der Waals surface area contributed by atoms with Gasteiger partial charge in [-0.05, 0) is 62.6 Å². The lowest BCUT2D eigenvalue weighted by Gasteiger charge is -2.39. The van der Waals surface area contributed by atoms with Gasteiger partial charge in [0.25, 0.3) is 0 Å². The third-order valence-electron chi connectivity index (χ3n) is 5.43. The van der Waals surface area contributed by atoms with E-state index in [0.717, 1.165) is 24.5 Å². The van der Waals surface area contributed by atoms with Crippen molar-refractivity contribution < 1.29 is 9.53 Å². The molecule has 1 unspecified atom stereocenters. The summed E-state index contributed by atoms with van der Waals surface area (Å²) in [5.41, 5.74) is 5.86. The number of carbonyl (C=O) groups excluding carboxylic acids is 1. The van der Waals surface area contributed by atoms with Crippen LogP contribution in [0.3, 0.4) is 0 Å². The zero-order valence-corrected chi connectivity index (χ0v) is 12.9. The van der Waals surface area contributed by atoms with Gasteiger partial charge in [0.1, 0.15) is 11.9 Å². The summed E-state index contributed by atoms with van der Waals surface area (Å²) in [5.74, 6) is 1.34. The Bertz CT molecular complexity index is 556. The summed E-state index contributed by atoms with van der Waals surface area (Å²) in [6.45, 7) is 1.30. The summed E-state index contributed by atoms with van der Waals surface area (Å²) in [7, 11) is 0. The van der Waals surface area contributed by atoms with Crippen LogP contribution in [0.1, 0.15) is 48.9 Å². The van der Waals surface area contributed by atoms with Gasteiger partial charge in [-0.15, -0.1) is 0 Å². The molecule has 4 nitrogen and oxygen atoms in total. The standard InChI is InChI=1S/C18H24N2O2/c19-18(21)13-2-1-3-16(8-13)22-17-9-14-6-7-15(10-17)20(14)11-12-4-5-12/h1-3,8,12,14-15,17H,4-7,9-11H2,(H2,19,21)/t14-,15+,17?. The van der Waals surface area contributed by atoms with Gasteiger partial charge in [-0.3, -0.25) is 9.69 Å². The van der Waals surface area contributed by atoms with Crippen molar-refractivity contribution in [2.75, 3.05) is 6.54 Å². The van der Waals surface area contributed by atoms with E-state index in [1.807, 2.05) is 12.1 Å². The number of piperidine rings is 1. The molecule has 4 heteroatoms. The van der Waals surface area contributed by atoms with Crippen LogP contribution in [0.25, 0.3) is 0 Å². The Morgan fingerprint density at radius 1 is 1.18 bits per heavy atom. The number of fused-ring (bicyclic) bond motifs is 2. The minimum Gasteiger partial charge on any atom is -0.490 e. The number of amides is 1. The molecule has 1 amide bonds. The predicted octanol–water partition coefficient (Wildman–Crippen LogP) is 2.57. The van der Waals surface area contributed by atoms with Crippen molar-refractivity contribution in [1.82, 2.24) is 4.90 Å². The summed E-state index contributed by atoms with van der Waals surface area (Å²) < 4.78 is 6.16. The van der Waals surface area contributed by atoms with Crippen LogP contribution < -0.4 is 10.5 Å². The molecule has 3 fully saturated rings. The van der Waals surface area contributed by atoms with Gasteiger partial charge >= 0.3 is 0 Å². The number of benzene rings is 1. The Labute approximate surface area is 131 Å². The first-order valence-electron chi connectivity index (χ1n) is 8.51. The van der Waals surface area contributed by atoms with Crippen molar-refractivity contribution in [3.05, 3.63) is 29.8 Å². The van der Waals surface area contributed by atoms with Crippen molar-refractivity contribution in [3.8, 4) is 5.75 Å². The second kappa shape index (κ2) is 5.58. The number of carbonyl (C=O) groups is 1. The Morgan fingerprint density at radius 3 is 2.55 bits per heavy atom. The van der Waals surface area contributed by atoms with Crippen molar-refractivity contribution >= 4 is 5.91 Å². The third-order valence-corrected chi connectivity index (χ3v) is 5.43. The van der Waals surface area contributed by atoms with Crippen LogP contribution in [0.4, 0.5) is 0 Å². The molecule has 118 valence electrons. The normalized spacial score (nSPS) is 31.2. The molecule has 4 rings (SSSR count). The quantitative estimate of drug-likeness (QED) is 0.909. The maximum absolute atomic E-state index is 11.3. The summed E-state index contributed by atoms with van der Waals surface area (Å²) in [4.78, 5) is 14.0. The highest BCUT2D eigenvalue weighted by atomic mass is 16.5. The number of rotatable bonds is 5. The molecule has 2 aliphatic heterocycles. The summed E-state index contributed by atoms with van der Waals surface area (Å²) >= 11 is 0. The lowest BCUT2D eigenvalue weighted by atomic mass is 9.99. The van der Waals surface area contributed by atoms with E-state index >= 15 is 0 Å². The zero-order valence-electron chi connectivity index (χ0n) is 12.9. The highest BCUT2D eigenvalue weighted by Gasteiger charge is 2.43. The van der Waals surface area contributed by atoms with E-state index < -0.39 is 5.91 Å². The van der Waals surface area contributed by atoms with Crippen molar-refractivity contribution in [3.63, 3.8) is 0 Å². The number of hydrogen-bond donors (Lipinski definition) is 1. The zero-order chi connectivity index (χ0) is 15.1. The molecule has 1 aliphatic carbocycles. The van der Waals surface area contributed by atoms with Crippen LogP contribution in [0.2, 0.25) is 0 Å². The van der Waals surface area contributed by atoms with Crippen molar-refractivity contribution in [2.24, 2.45) is 11.7 Å². The second-order valence-electron chi connectivity index (χ2n) is 7.13. The number of nitrogens with two attached hydrogens (primary N) is 1. The molecule has 1 aromatic carbocycles. The van der Waals surface area contributed by atoms with E-state index in [4.69, 9.17) is 10.5 Å². The number of hydrogen-bond acceptors (Lipinski definition) is 3. The maximum Gasteiger partial charge on any atom is 0.248 e. The topological polar surface area (TPSA) is 55.6 Å². The lowest BCUT2D eigenvalue weighted by Crippen LogP contribution is -2.47. The van der Waals surface area contributed by atoms with Gasteiger partial charge in [0.05, 0.1) is 0 Å². The molecule has 0 aromatic heterocycles. The van der Waals surface area contributed by atoms with E-state index in [1.54, 1.807) is 12.1 Å². The average molecular weight is 300 g/mol. The number of ether oxygens (including phenoxy) is 1. The van der Waals surface area contributed by atoms with Crippen LogP contribution in [0.5, 0.6) is 5.75 Å².